The first-order chi connectivity index (χ1) is 7.29. The smallest absolute Gasteiger partial charge is 0.142 e. The molecule has 1 aliphatic heterocycles. The van der Waals surface area contributed by atoms with Gasteiger partial charge in [0.1, 0.15) is 5.75 Å². The van der Waals surface area contributed by atoms with E-state index in [1.54, 1.807) is 7.11 Å². The SMILES string of the molecule is COc1ccc(Cl)cc1NC1CCSC1. The Balaban J connectivity index is 2.14. The van der Waals surface area contributed by atoms with E-state index in [1.807, 2.05) is 30.0 Å². The standard InChI is InChI=1S/C11H14ClNOS/c1-14-11-3-2-8(12)6-10(11)13-9-4-5-15-7-9/h2-3,6,9,13H,4-5,7H2,1H3. The van der Waals surface area contributed by atoms with E-state index < -0.39 is 0 Å². The zero-order valence-electron chi connectivity index (χ0n) is 8.63. The van der Waals surface area contributed by atoms with Crippen LogP contribution in [-0.4, -0.2) is 24.7 Å². The number of anilines is 1. The van der Waals surface area contributed by atoms with E-state index >= 15 is 0 Å². The van der Waals surface area contributed by atoms with Crippen molar-refractivity contribution >= 4 is 29.1 Å². The molecule has 1 unspecified atom stereocenters. The zero-order chi connectivity index (χ0) is 10.7. The zero-order valence-corrected chi connectivity index (χ0v) is 10.2. The van der Waals surface area contributed by atoms with E-state index in [2.05, 4.69) is 5.32 Å². The Kier molecular flexibility index (Phi) is 3.65. The number of nitrogens with one attached hydrogen (secondary N) is 1. The fraction of sp³-hybridized carbons (Fsp3) is 0.455. The van der Waals surface area contributed by atoms with Gasteiger partial charge in [0, 0.05) is 16.8 Å². The summed E-state index contributed by atoms with van der Waals surface area (Å²) in [6, 6.07) is 6.20. The first kappa shape index (κ1) is 11.0. The van der Waals surface area contributed by atoms with E-state index in [0.717, 1.165) is 22.2 Å². The summed E-state index contributed by atoms with van der Waals surface area (Å²) in [5, 5.41) is 4.21. The average molecular weight is 244 g/mol. The fourth-order valence-corrected chi connectivity index (χ4v) is 2.99. The van der Waals surface area contributed by atoms with E-state index in [0.29, 0.717) is 6.04 Å². The molecule has 4 heteroatoms. The quantitative estimate of drug-likeness (QED) is 0.881. The predicted molar refractivity (Wildman–Crippen MR) is 67.4 cm³/mol. The van der Waals surface area contributed by atoms with Crippen LogP contribution in [0.15, 0.2) is 18.2 Å². The monoisotopic (exact) mass is 243 g/mol. The number of hydrogen-bond donors (Lipinski definition) is 1. The Morgan fingerprint density at radius 2 is 2.40 bits per heavy atom. The van der Waals surface area contributed by atoms with Gasteiger partial charge in [0.05, 0.1) is 12.8 Å². The fourth-order valence-electron chi connectivity index (χ4n) is 1.66. The van der Waals surface area contributed by atoms with Crippen LogP contribution in [0.3, 0.4) is 0 Å². The largest absolute Gasteiger partial charge is 0.495 e. The minimum absolute atomic E-state index is 0.544. The van der Waals surface area contributed by atoms with Gasteiger partial charge in [0.15, 0.2) is 0 Å². The van der Waals surface area contributed by atoms with Crippen molar-refractivity contribution in [3.05, 3.63) is 23.2 Å². The molecular formula is C11H14ClNOS. The van der Waals surface area contributed by atoms with Gasteiger partial charge in [-0.2, -0.15) is 11.8 Å². The molecule has 2 nitrogen and oxygen atoms in total. The minimum atomic E-state index is 0.544. The van der Waals surface area contributed by atoms with Gasteiger partial charge in [-0.3, -0.25) is 0 Å². The van der Waals surface area contributed by atoms with E-state index in [9.17, 15) is 0 Å². The second kappa shape index (κ2) is 4.99. The van der Waals surface area contributed by atoms with Crippen molar-refractivity contribution in [1.82, 2.24) is 0 Å². The molecule has 0 bridgehead atoms. The molecule has 1 heterocycles. The lowest BCUT2D eigenvalue weighted by Gasteiger charge is -2.16. The maximum Gasteiger partial charge on any atom is 0.142 e. The van der Waals surface area contributed by atoms with Crippen molar-refractivity contribution < 1.29 is 4.74 Å². The molecule has 0 radical (unpaired) electrons. The van der Waals surface area contributed by atoms with Gasteiger partial charge in [0.25, 0.3) is 0 Å². The van der Waals surface area contributed by atoms with Crippen LogP contribution < -0.4 is 10.1 Å². The van der Waals surface area contributed by atoms with Crippen molar-refractivity contribution in [3.8, 4) is 5.75 Å². The maximum atomic E-state index is 5.96. The molecule has 0 aromatic heterocycles. The topological polar surface area (TPSA) is 21.3 Å². The number of benzene rings is 1. The van der Waals surface area contributed by atoms with Gasteiger partial charge >= 0.3 is 0 Å². The third-order valence-corrected chi connectivity index (χ3v) is 3.85. The third-order valence-electron chi connectivity index (χ3n) is 2.45. The number of halogens is 1. The highest BCUT2D eigenvalue weighted by Crippen LogP contribution is 2.30. The Hall–Kier alpha value is -0.540. The Labute approximate surface area is 99.3 Å². The lowest BCUT2D eigenvalue weighted by Crippen LogP contribution is -2.18. The molecule has 82 valence electrons. The summed E-state index contributed by atoms with van der Waals surface area (Å²) < 4.78 is 5.28. The summed E-state index contributed by atoms with van der Waals surface area (Å²) in [7, 11) is 1.68. The molecule has 0 amide bonds. The predicted octanol–water partition coefficient (Wildman–Crippen LogP) is 3.27. The first-order valence-corrected chi connectivity index (χ1v) is 6.50. The Morgan fingerprint density at radius 1 is 1.53 bits per heavy atom. The highest BCUT2D eigenvalue weighted by atomic mass is 35.5. The first-order valence-electron chi connectivity index (χ1n) is 4.97. The number of thioether (sulfide) groups is 1. The van der Waals surface area contributed by atoms with Gasteiger partial charge in [-0.25, -0.2) is 0 Å². The molecule has 1 aromatic rings. The summed E-state index contributed by atoms with van der Waals surface area (Å²) in [6.45, 7) is 0. The number of hydrogen-bond acceptors (Lipinski definition) is 3. The van der Waals surface area contributed by atoms with Gasteiger partial charge in [0.2, 0.25) is 0 Å². The molecule has 15 heavy (non-hydrogen) atoms. The van der Waals surface area contributed by atoms with Crippen LogP contribution in [0, 0.1) is 0 Å². The molecule has 1 atom stereocenters. The van der Waals surface area contributed by atoms with E-state index in [1.165, 1.54) is 12.2 Å². The number of rotatable bonds is 3. The second-order valence-electron chi connectivity index (χ2n) is 3.55. The molecular weight excluding hydrogens is 230 g/mol. The van der Waals surface area contributed by atoms with Crippen LogP contribution in [0.1, 0.15) is 6.42 Å². The average Bonchev–Trinajstić information content (AvgIpc) is 2.71. The number of methoxy groups -OCH3 is 1. The molecule has 0 saturated carbocycles. The highest BCUT2D eigenvalue weighted by molar-refractivity contribution is 7.99. The third kappa shape index (κ3) is 2.73. The summed E-state index contributed by atoms with van der Waals surface area (Å²) in [5.74, 6) is 3.26. The van der Waals surface area contributed by atoms with Crippen LogP contribution in [0.25, 0.3) is 0 Å². The van der Waals surface area contributed by atoms with Crippen molar-refractivity contribution in [1.29, 1.82) is 0 Å². The lowest BCUT2D eigenvalue weighted by molar-refractivity contribution is 0.416. The number of ether oxygens (including phenoxy) is 1. The van der Waals surface area contributed by atoms with Crippen LogP contribution in [0.5, 0.6) is 5.75 Å². The van der Waals surface area contributed by atoms with Crippen LogP contribution in [0.4, 0.5) is 5.69 Å². The molecule has 1 saturated heterocycles. The molecule has 1 aliphatic rings. The normalized spacial score (nSPS) is 20.3. The molecule has 1 N–H and O–H groups in total. The van der Waals surface area contributed by atoms with Crippen LogP contribution in [-0.2, 0) is 0 Å². The summed E-state index contributed by atoms with van der Waals surface area (Å²) in [4.78, 5) is 0. The van der Waals surface area contributed by atoms with Gasteiger partial charge in [-0.05, 0) is 30.4 Å². The van der Waals surface area contributed by atoms with Crippen LogP contribution >= 0.6 is 23.4 Å². The summed E-state index contributed by atoms with van der Waals surface area (Å²) >= 11 is 7.94. The Morgan fingerprint density at radius 3 is 3.07 bits per heavy atom. The van der Waals surface area contributed by atoms with Crippen molar-refractivity contribution in [2.45, 2.75) is 12.5 Å². The summed E-state index contributed by atoms with van der Waals surface area (Å²) in [5.41, 5.74) is 0.998. The minimum Gasteiger partial charge on any atom is -0.495 e. The molecule has 1 aromatic carbocycles. The van der Waals surface area contributed by atoms with Gasteiger partial charge in [-0.15, -0.1) is 0 Å². The van der Waals surface area contributed by atoms with E-state index in [-0.39, 0.29) is 0 Å². The molecule has 1 fully saturated rings. The second-order valence-corrected chi connectivity index (χ2v) is 5.14. The van der Waals surface area contributed by atoms with Crippen LogP contribution in [0.2, 0.25) is 5.02 Å². The van der Waals surface area contributed by atoms with Crippen molar-refractivity contribution in [2.24, 2.45) is 0 Å². The molecule has 0 aliphatic carbocycles. The molecule has 2 rings (SSSR count). The summed E-state index contributed by atoms with van der Waals surface area (Å²) in [6.07, 6.45) is 1.21. The van der Waals surface area contributed by atoms with Gasteiger partial charge in [-0.1, -0.05) is 11.6 Å². The Bertz CT molecular complexity index is 339. The van der Waals surface area contributed by atoms with Gasteiger partial charge < -0.3 is 10.1 Å². The maximum absolute atomic E-state index is 5.96. The van der Waals surface area contributed by atoms with Crippen molar-refractivity contribution in [2.75, 3.05) is 23.9 Å². The highest BCUT2D eigenvalue weighted by Gasteiger charge is 2.16. The van der Waals surface area contributed by atoms with Crippen molar-refractivity contribution in [3.63, 3.8) is 0 Å². The lowest BCUT2D eigenvalue weighted by atomic mass is 10.2. The van der Waals surface area contributed by atoms with E-state index in [4.69, 9.17) is 16.3 Å². The molecule has 0 spiro atoms.